The summed E-state index contributed by atoms with van der Waals surface area (Å²) in [4.78, 5) is 26.5. The Labute approximate surface area is 421 Å². The maximum absolute atomic E-state index is 13.4. The number of esters is 1. The van der Waals surface area contributed by atoms with Crippen LogP contribution in [0, 0.1) is 28.6 Å². The van der Waals surface area contributed by atoms with E-state index in [1.165, 1.54) is 5.57 Å². The molecule has 404 valence electrons. The molecule has 4 saturated heterocycles. The zero-order chi connectivity index (χ0) is 51.3. The lowest BCUT2D eigenvalue weighted by Crippen LogP contribution is -2.66. The standard InChI is InChI=1S/C54H86O17/c1-14-27(2)51(57)68-42-22-37-36(54(58)20-18-35(28(3)55)53(42,54)9)16-15-33-21-34(17-19-52(33,37)8)67-43-24-39(60-11)48(30(5)64-43)70-45-26-41(62-13)50(32(7)66-45)71-46-25-40(61-12)49(31(6)65-46)69-44-23-38(59-10)47(56)29(4)63-44/h14-15,29-32,34-50,56,58H,16-26H2,1-13H3/b27-14+/t29-,30-,31-,32-,34+,35-,36?,37?,38-,39+,40+,41+,42-,43-,44+,45+,46+,47-,48-,49-,50-,52+,53+,54+/m1/s1. The van der Waals surface area contributed by atoms with Crippen molar-refractivity contribution in [2.45, 2.75) is 249 Å². The summed E-state index contributed by atoms with van der Waals surface area (Å²) in [6.45, 7) is 17.1. The van der Waals surface area contributed by atoms with Gasteiger partial charge in [-0.3, -0.25) is 4.79 Å². The van der Waals surface area contributed by atoms with E-state index < -0.39 is 91.1 Å². The highest BCUT2D eigenvalue weighted by Gasteiger charge is 2.71. The number of rotatable bonds is 15. The minimum Gasteiger partial charge on any atom is -0.458 e. The first kappa shape index (κ1) is 55.3. The lowest BCUT2D eigenvalue weighted by Gasteiger charge is -2.63. The average Bonchev–Trinajstić information content (AvgIpc) is 3.63. The van der Waals surface area contributed by atoms with Gasteiger partial charge < -0.3 is 71.8 Å². The van der Waals surface area contributed by atoms with E-state index in [2.05, 4.69) is 13.0 Å². The number of methoxy groups -OCH3 is 4. The molecule has 0 radical (unpaired) electrons. The molecule has 24 atom stereocenters. The lowest BCUT2D eigenvalue weighted by molar-refractivity contribution is -0.347. The number of aliphatic hydroxyl groups is 2. The monoisotopic (exact) mass is 1010 g/mol. The predicted octanol–water partition coefficient (Wildman–Crippen LogP) is 6.26. The van der Waals surface area contributed by atoms with Gasteiger partial charge >= 0.3 is 5.97 Å². The van der Waals surface area contributed by atoms with Crippen LogP contribution in [0.25, 0.3) is 0 Å². The SMILES string of the molecule is C/C=C(\C)C(=O)O[C@@H]1CC2C(CC=C3C[C@@H](O[C@@H]4C[C@H](OC)[C@H](O[C@H]5C[C@H](OC)[C@H](O[C@H]6C[C@H](OC)[C@H](O[C@H]7C[C@@H](OC)[C@H](O)[C@@H](C)O7)[C@@H](C)O6)[C@@H](C)O5)[C@@H](C)O4)CC[C@@]32C)[C@@]2(O)CC[C@H](C(C)=O)[C@@]12C. The second-order valence-electron chi connectivity index (χ2n) is 22.5. The third kappa shape index (κ3) is 10.5. The van der Waals surface area contributed by atoms with Crippen LogP contribution in [0.2, 0.25) is 0 Å². The van der Waals surface area contributed by atoms with E-state index in [9.17, 15) is 19.8 Å². The quantitative estimate of drug-likeness (QED) is 0.106. The van der Waals surface area contributed by atoms with Crippen LogP contribution in [0.3, 0.4) is 0 Å². The van der Waals surface area contributed by atoms with E-state index in [0.717, 1.165) is 19.3 Å². The highest BCUT2D eigenvalue weighted by atomic mass is 16.8. The minimum atomic E-state index is -1.15. The predicted molar refractivity (Wildman–Crippen MR) is 257 cm³/mol. The first-order valence-corrected chi connectivity index (χ1v) is 26.5. The maximum atomic E-state index is 13.4. The van der Waals surface area contributed by atoms with Gasteiger partial charge in [0.05, 0.1) is 60.5 Å². The van der Waals surface area contributed by atoms with Gasteiger partial charge in [-0.05, 0) is 111 Å². The summed E-state index contributed by atoms with van der Waals surface area (Å²) in [5.74, 6) is -0.718. The van der Waals surface area contributed by atoms with Crippen LogP contribution in [-0.4, -0.2) is 167 Å². The van der Waals surface area contributed by atoms with Crippen molar-refractivity contribution >= 4 is 11.8 Å². The second kappa shape index (κ2) is 22.3. The third-order valence-electron chi connectivity index (χ3n) is 18.8. The van der Waals surface area contributed by atoms with Gasteiger partial charge in [-0.2, -0.15) is 0 Å². The van der Waals surface area contributed by atoms with Gasteiger partial charge in [0.1, 0.15) is 36.3 Å². The number of aliphatic hydroxyl groups excluding tert-OH is 1. The lowest BCUT2D eigenvalue weighted by atomic mass is 9.45. The van der Waals surface area contributed by atoms with Gasteiger partial charge in [0.15, 0.2) is 25.2 Å². The minimum absolute atomic E-state index is 0.0422. The number of ether oxygens (including phenoxy) is 13. The number of carbonyl (C=O) groups excluding carboxylic acids is 2. The number of allylic oxidation sites excluding steroid dienone is 2. The van der Waals surface area contributed by atoms with Gasteiger partial charge in [-0.1, -0.05) is 31.6 Å². The molecule has 8 rings (SSSR count). The molecular formula is C54H86O17. The van der Waals surface area contributed by atoms with E-state index in [1.807, 2.05) is 34.6 Å². The molecule has 0 bridgehead atoms. The molecular weight excluding hydrogens is 921 g/mol. The Morgan fingerprint density at radius 1 is 0.662 bits per heavy atom. The number of hydrogen-bond acceptors (Lipinski definition) is 17. The first-order chi connectivity index (χ1) is 33.7. The van der Waals surface area contributed by atoms with Gasteiger partial charge in [0.25, 0.3) is 0 Å². The smallest absolute Gasteiger partial charge is 0.333 e. The van der Waals surface area contributed by atoms with E-state index in [4.69, 9.17) is 61.6 Å². The molecule has 0 aromatic carbocycles. The van der Waals surface area contributed by atoms with Crippen LogP contribution >= 0.6 is 0 Å². The molecule has 0 amide bonds. The summed E-state index contributed by atoms with van der Waals surface area (Å²) < 4.78 is 81.8. The van der Waals surface area contributed by atoms with Crippen molar-refractivity contribution in [2.24, 2.45) is 28.6 Å². The molecule has 4 aliphatic carbocycles. The fourth-order valence-corrected chi connectivity index (χ4v) is 14.4. The van der Waals surface area contributed by atoms with Crippen molar-refractivity contribution in [1.82, 2.24) is 0 Å². The van der Waals surface area contributed by atoms with Gasteiger partial charge in [-0.25, -0.2) is 4.79 Å². The molecule has 2 unspecified atom stereocenters. The maximum Gasteiger partial charge on any atom is 0.333 e. The van der Waals surface area contributed by atoms with Crippen molar-refractivity contribution in [3.8, 4) is 0 Å². The van der Waals surface area contributed by atoms with Crippen LogP contribution in [0.15, 0.2) is 23.3 Å². The Bertz CT molecular complexity index is 1910. The summed E-state index contributed by atoms with van der Waals surface area (Å²) >= 11 is 0. The Morgan fingerprint density at radius 2 is 1.14 bits per heavy atom. The highest BCUT2D eigenvalue weighted by Crippen LogP contribution is 2.68. The Morgan fingerprint density at radius 3 is 1.62 bits per heavy atom. The molecule has 0 aromatic rings. The van der Waals surface area contributed by atoms with E-state index >= 15 is 0 Å². The molecule has 4 heterocycles. The third-order valence-corrected chi connectivity index (χ3v) is 18.8. The van der Waals surface area contributed by atoms with E-state index in [1.54, 1.807) is 55.3 Å². The number of ketones is 1. The highest BCUT2D eigenvalue weighted by molar-refractivity contribution is 5.88. The van der Waals surface area contributed by atoms with Crippen LogP contribution in [0.5, 0.6) is 0 Å². The Balaban J connectivity index is 0.855. The summed E-state index contributed by atoms with van der Waals surface area (Å²) in [6, 6.07) is 0. The molecule has 4 aliphatic heterocycles. The van der Waals surface area contributed by atoms with Crippen molar-refractivity contribution in [3.05, 3.63) is 23.3 Å². The van der Waals surface area contributed by atoms with Gasteiger partial charge in [-0.15, -0.1) is 0 Å². The fraction of sp³-hybridized carbons (Fsp3) is 0.889. The molecule has 0 spiro atoms. The van der Waals surface area contributed by atoms with Gasteiger partial charge in [0.2, 0.25) is 0 Å². The normalized spacial score (nSPS) is 49.3. The Kier molecular flexibility index (Phi) is 17.4. The van der Waals surface area contributed by atoms with Crippen LogP contribution < -0.4 is 0 Å². The topological polar surface area (TPSA) is 195 Å². The molecule has 2 N–H and O–H groups in total. The zero-order valence-corrected chi connectivity index (χ0v) is 44.6. The zero-order valence-electron chi connectivity index (χ0n) is 44.6. The van der Waals surface area contributed by atoms with E-state index in [-0.39, 0.29) is 65.4 Å². The molecule has 17 nitrogen and oxygen atoms in total. The molecule has 7 fully saturated rings. The summed E-state index contributed by atoms with van der Waals surface area (Å²) in [7, 11) is 6.56. The molecule has 3 saturated carbocycles. The fourth-order valence-electron chi connectivity index (χ4n) is 14.4. The summed E-state index contributed by atoms with van der Waals surface area (Å²) in [5.41, 5.74) is -0.429. The number of hydrogen-bond donors (Lipinski definition) is 2. The molecule has 8 aliphatic rings. The largest absolute Gasteiger partial charge is 0.458 e. The summed E-state index contributed by atoms with van der Waals surface area (Å²) in [6.07, 6.45) is 2.27. The molecule has 0 aromatic heterocycles. The van der Waals surface area contributed by atoms with Crippen molar-refractivity contribution in [1.29, 1.82) is 0 Å². The van der Waals surface area contributed by atoms with Crippen molar-refractivity contribution in [3.63, 3.8) is 0 Å². The average molecular weight is 1010 g/mol. The van der Waals surface area contributed by atoms with Gasteiger partial charge in [0, 0.05) is 71.0 Å². The van der Waals surface area contributed by atoms with Crippen molar-refractivity contribution in [2.75, 3.05) is 28.4 Å². The first-order valence-electron chi connectivity index (χ1n) is 26.5. The number of fused-ring (bicyclic) bond motifs is 5. The van der Waals surface area contributed by atoms with Crippen LogP contribution in [0.4, 0.5) is 0 Å². The second-order valence-corrected chi connectivity index (χ2v) is 22.5. The Hall–Kier alpha value is -1.94. The summed E-state index contributed by atoms with van der Waals surface area (Å²) in [5, 5.41) is 23.3. The van der Waals surface area contributed by atoms with Crippen LogP contribution in [0.1, 0.15) is 133 Å². The van der Waals surface area contributed by atoms with Crippen molar-refractivity contribution < 1.29 is 81.4 Å². The molecule has 17 heteroatoms. The number of Topliss-reactive ketones (excluding diaryl/α,β-unsaturated/α-hetero) is 1. The van der Waals surface area contributed by atoms with E-state index in [0.29, 0.717) is 56.9 Å². The molecule has 71 heavy (non-hydrogen) atoms. The van der Waals surface area contributed by atoms with Crippen LogP contribution in [-0.2, 0) is 71.2 Å². The number of carbonyl (C=O) groups is 2.